The lowest BCUT2D eigenvalue weighted by Crippen LogP contribution is -2.28. The summed E-state index contributed by atoms with van der Waals surface area (Å²) in [6.07, 6.45) is 5.67. The predicted octanol–water partition coefficient (Wildman–Crippen LogP) is 2.71. The van der Waals surface area contributed by atoms with E-state index < -0.39 is 5.60 Å². The van der Waals surface area contributed by atoms with Crippen LogP contribution < -0.4 is 0 Å². The molecule has 2 aliphatic rings. The van der Waals surface area contributed by atoms with E-state index in [2.05, 4.69) is 6.92 Å². The van der Waals surface area contributed by atoms with Gasteiger partial charge < -0.3 is 5.11 Å². The van der Waals surface area contributed by atoms with Crippen molar-refractivity contribution in [2.24, 2.45) is 17.8 Å². The van der Waals surface area contributed by atoms with E-state index in [0.29, 0.717) is 11.8 Å². The summed E-state index contributed by atoms with van der Waals surface area (Å²) in [6.45, 7) is 6.10. The first-order chi connectivity index (χ1) is 7.42. The number of rotatable bonds is 0. The van der Waals surface area contributed by atoms with Crippen LogP contribution in [0, 0.1) is 17.8 Å². The van der Waals surface area contributed by atoms with Crippen molar-refractivity contribution in [2.45, 2.75) is 52.1 Å². The van der Waals surface area contributed by atoms with Crippen LogP contribution in [0.4, 0.5) is 0 Å². The maximum atomic E-state index is 11.9. The van der Waals surface area contributed by atoms with Gasteiger partial charge in [0.2, 0.25) is 0 Å². The van der Waals surface area contributed by atoms with Gasteiger partial charge in [-0.25, -0.2) is 0 Å². The molecule has 2 heteroatoms. The predicted molar refractivity (Wildman–Crippen MR) is 64.0 cm³/mol. The SMILES string of the molecule is C[C@H]1CC[C@H](C)[C@H]2CC[C@](C)(O)/C2=C/C1=O. The molecule has 0 amide bonds. The Hall–Kier alpha value is -0.630. The Morgan fingerprint density at radius 1 is 1.31 bits per heavy atom. The number of hydrogen-bond donors (Lipinski definition) is 1. The van der Waals surface area contributed by atoms with Gasteiger partial charge in [0, 0.05) is 5.92 Å². The molecule has 0 saturated heterocycles. The summed E-state index contributed by atoms with van der Waals surface area (Å²) in [5.74, 6) is 1.34. The highest BCUT2D eigenvalue weighted by atomic mass is 16.3. The topological polar surface area (TPSA) is 37.3 Å². The van der Waals surface area contributed by atoms with Crippen LogP contribution in [0.25, 0.3) is 0 Å². The molecule has 0 unspecified atom stereocenters. The molecule has 4 atom stereocenters. The number of carbonyl (C=O) groups excluding carboxylic acids is 1. The van der Waals surface area contributed by atoms with Gasteiger partial charge in [0.15, 0.2) is 5.78 Å². The van der Waals surface area contributed by atoms with Gasteiger partial charge in [-0.05, 0) is 56.1 Å². The van der Waals surface area contributed by atoms with E-state index in [-0.39, 0.29) is 11.7 Å². The van der Waals surface area contributed by atoms with E-state index in [1.807, 2.05) is 13.8 Å². The lowest BCUT2D eigenvalue weighted by molar-refractivity contribution is -0.118. The fourth-order valence-corrected chi connectivity index (χ4v) is 3.14. The van der Waals surface area contributed by atoms with Crippen LogP contribution in [-0.4, -0.2) is 16.5 Å². The van der Waals surface area contributed by atoms with Gasteiger partial charge in [0.1, 0.15) is 0 Å². The summed E-state index contributed by atoms with van der Waals surface area (Å²) in [5.41, 5.74) is 0.252. The maximum Gasteiger partial charge on any atom is 0.158 e. The first-order valence-electron chi connectivity index (χ1n) is 6.40. The quantitative estimate of drug-likeness (QED) is 0.684. The van der Waals surface area contributed by atoms with Crippen molar-refractivity contribution in [3.63, 3.8) is 0 Å². The van der Waals surface area contributed by atoms with E-state index in [4.69, 9.17) is 0 Å². The molecular weight excluding hydrogens is 200 g/mol. The van der Waals surface area contributed by atoms with E-state index >= 15 is 0 Å². The van der Waals surface area contributed by atoms with E-state index in [9.17, 15) is 9.90 Å². The third-order valence-corrected chi connectivity index (χ3v) is 4.49. The molecule has 1 saturated carbocycles. The molecule has 16 heavy (non-hydrogen) atoms. The third kappa shape index (κ3) is 1.95. The zero-order valence-corrected chi connectivity index (χ0v) is 10.5. The van der Waals surface area contributed by atoms with Crippen LogP contribution in [0.3, 0.4) is 0 Å². The summed E-state index contributed by atoms with van der Waals surface area (Å²) in [5, 5.41) is 10.3. The molecule has 0 aliphatic heterocycles. The second-order valence-corrected chi connectivity index (χ2v) is 5.88. The standard InChI is InChI=1S/C14H22O2/c1-9-4-5-10(2)13(15)8-12-11(9)6-7-14(12,3)16/h8-11,16H,4-7H2,1-3H3/b12-8+/t9-,10-,11+,14-/m0/s1. The fourth-order valence-electron chi connectivity index (χ4n) is 3.14. The van der Waals surface area contributed by atoms with Gasteiger partial charge in [-0.15, -0.1) is 0 Å². The van der Waals surface area contributed by atoms with Crippen molar-refractivity contribution in [1.82, 2.24) is 0 Å². The molecule has 1 N–H and O–H groups in total. The Bertz CT molecular complexity index is 328. The number of fused-ring (bicyclic) bond motifs is 1. The van der Waals surface area contributed by atoms with Crippen LogP contribution >= 0.6 is 0 Å². The molecule has 0 aromatic carbocycles. The van der Waals surface area contributed by atoms with Crippen molar-refractivity contribution in [1.29, 1.82) is 0 Å². The summed E-state index contributed by atoms with van der Waals surface area (Å²) >= 11 is 0. The van der Waals surface area contributed by atoms with Gasteiger partial charge in [-0.2, -0.15) is 0 Å². The Labute approximate surface area is 97.7 Å². The molecule has 0 spiro atoms. The normalized spacial score (nSPS) is 47.9. The number of aliphatic hydroxyl groups is 1. The Balaban J connectivity index is 2.37. The second kappa shape index (κ2) is 3.99. The summed E-state index contributed by atoms with van der Waals surface area (Å²) in [4.78, 5) is 11.9. The Morgan fingerprint density at radius 2 is 2.00 bits per heavy atom. The molecule has 0 aromatic rings. The molecule has 2 aliphatic carbocycles. The molecule has 0 bridgehead atoms. The molecule has 2 nitrogen and oxygen atoms in total. The zero-order chi connectivity index (χ0) is 11.9. The molecule has 2 rings (SSSR count). The first kappa shape index (κ1) is 11.8. The smallest absolute Gasteiger partial charge is 0.158 e. The molecule has 0 aromatic heterocycles. The highest BCUT2D eigenvalue weighted by Gasteiger charge is 2.42. The highest BCUT2D eigenvalue weighted by Crippen LogP contribution is 2.45. The minimum absolute atomic E-state index is 0.118. The third-order valence-electron chi connectivity index (χ3n) is 4.49. The number of ketones is 1. The lowest BCUT2D eigenvalue weighted by atomic mass is 9.78. The van der Waals surface area contributed by atoms with Gasteiger partial charge in [0.25, 0.3) is 0 Å². The van der Waals surface area contributed by atoms with Crippen LogP contribution in [0.1, 0.15) is 46.5 Å². The first-order valence-corrected chi connectivity index (χ1v) is 6.40. The maximum absolute atomic E-state index is 11.9. The second-order valence-electron chi connectivity index (χ2n) is 5.88. The zero-order valence-electron chi connectivity index (χ0n) is 10.5. The number of carbonyl (C=O) groups is 1. The van der Waals surface area contributed by atoms with E-state index in [1.165, 1.54) is 0 Å². The Morgan fingerprint density at radius 3 is 2.69 bits per heavy atom. The minimum Gasteiger partial charge on any atom is -0.386 e. The fraction of sp³-hybridized carbons (Fsp3) is 0.786. The average molecular weight is 222 g/mol. The molecule has 0 heterocycles. The van der Waals surface area contributed by atoms with Gasteiger partial charge >= 0.3 is 0 Å². The molecule has 0 radical (unpaired) electrons. The van der Waals surface area contributed by atoms with Gasteiger partial charge in [-0.1, -0.05) is 13.8 Å². The van der Waals surface area contributed by atoms with Crippen LogP contribution in [0.2, 0.25) is 0 Å². The van der Waals surface area contributed by atoms with Crippen LogP contribution in [0.15, 0.2) is 11.6 Å². The Kier molecular flexibility index (Phi) is 2.95. The van der Waals surface area contributed by atoms with Crippen molar-refractivity contribution >= 4 is 5.78 Å². The largest absolute Gasteiger partial charge is 0.386 e. The van der Waals surface area contributed by atoms with E-state index in [1.54, 1.807) is 6.08 Å². The highest BCUT2D eigenvalue weighted by molar-refractivity contribution is 5.92. The summed E-state index contributed by atoms with van der Waals surface area (Å²) < 4.78 is 0. The molecule has 1 fully saturated rings. The van der Waals surface area contributed by atoms with Crippen molar-refractivity contribution < 1.29 is 9.90 Å². The lowest BCUT2D eigenvalue weighted by Gasteiger charge is -2.28. The number of allylic oxidation sites excluding steroid dienone is 1. The van der Waals surface area contributed by atoms with Crippen molar-refractivity contribution in [2.75, 3.05) is 0 Å². The van der Waals surface area contributed by atoms with Gasteiger partial charge in [0.05, 0.1) is 5.60 Å². The minimum atomic E-state index is -0.744. The average Bonchev–Trinajstić information content (AvgIpc) is 2.49. The van der Waals surface area contributed by atoms with Crippen molar-refractivity contribution in [3.8, 4) is 0 Å². The van der Waals surface area contributed by atoms with E-state index in [0.717, 1.165) is 31.3 Å². The van der Waals surface area contributed by atoms with Crippen LogP contribution in [-0.2, 0) is 4.79 Å². The monoisotopic (exact) mass is 222 g/mol. The molecule has 90 valence electrons. The van der Waals surface area contributed by atoms with Gasteiger partial charge in [-0.3, -0.25) is 4.79 Å². The summed E-state index contributed by atoms with van der Waals surface area (Å²) in [7, 11) is 0. The molecular formula is C14H22O2. The number of hydrogen-bond acceptors (Lipinski definition) is 2. The van der Waals surface area contributed by atoms with Crippen LogP contribution in [0.5, 0.6) is 0 Å². The summed E-state index contributed by atoms with van der Waals surface area (Å²) in [6, 6.07) is 0. The van der Waals surface area contributed by atoms with Crippen molar-refractivity contribution in [3.05, 3.63) is 11.6 Å².